The number of aromatic nitrogens is 2. The quantitative estimate of drug-likeness (QED) is 0.874. The van der Waals surface area contributed by atoms with Crippen molar-refractivity contribution in [2.24, 2.45) is 13.0 Å². The zero-order chi connectivity index (χ0) is 15.7. The van der Waals surface area contributed by atoms with Crippen molar-refractivity contribution in [3.8, 4) is 0 Å². The van der Waals surface area contributed by atoms with E-state index < -0.39 is 0 Å². The highest BCUT2D eigenvalue weighted by Gasteiger charge is 2.31. The van der Waals surface area contributed by atoms with Gasteiger partial charge in [0.15, 0.2) is 0 Å². The number of carbonyl (C=O) groups is 1. The van der Waals surface area contributed by atoms with E-state index >= 15 is 0 Å². The number of carbonyl (C=O) groups excluding carboxylic acids is 1. The topological polar surface area (TPSA) is 47.4 Å². The number of benzene rings is 1. The molecule has 118 valence electrons. The SMILES string of the molecule is C[C@H]1OCCC[C@H]1C(=O)N(C)Cc1nc2ccccc2n1C. The van der Waals surface area contributed by atoms with Crippen LogP contribution >= 0.6 is 0 Å². The average molecular weight is 301 g/mol. The lowest BCUT2D eigenvalue weighted by Gasteiger charge is -2.31. The molecular weight excluding hydrogens is 278 g/mol. The largest absolute Gasteiger partial charge is 0.378 e. The van der Waals surface area contributed by atoms with Crippen LogP contribution in [0.4, 0.5) is 0 Å². The Labute approximate surface area is 130 Å². The molecule has 1 saturated heterocycles. The number of imidazole rings is 1. The molecule has 1 aromatic carbocycles. The molecule has 3 rings (SSSR count). The van der Waals surface area contributed by atoms with E-state index in [-0.39, 0.29) is 17.9 Å². The highest BCUT2D eigenvalue weighted by Crippen LogP contribution is 2.23. The maximum atomic E-state index is 12.6. The third kappa shape index (κ3) is 2.73. The van der Waals surface area contributed by atoms with Crippen molar-refractivity contribution in [3.63, 3.8) is 0 Å². The van der Waals surface area contributed by atoms with E-state index in [9.17, 15) is 4.79 Å². The minimum atomic E-state index is -0.0339. The lowest BCUT2D eigenvalue weighted by Crippen LogP contribution is -2.41. The van der Waals surface area contributed by atoms with Gasteiger partial charge < -0.3 is 14.2 Å². The molecule has 1 aromatic heterocycles. The maximum Gasteiger partial charge on any atom is 0.228 e. The number of hydrogen-bond acceptors (Lipinski definition) is 3. The van der Waals surface area contributed by atoms with Gasteiger partial charge in [0.05, 0.1) is 29.6 Å². The molecule has 2 aromatic rings. The van der Waals surface area contributed by atoms with Crippen molar-refractivity contribution in [1.82, 2.24) is 14.5 Å². The number of ether oxygens (including phenoxy) is 1. The minimum absolute atomic E-state index is 0.00384. The molecule has 0 spiro atoms. The third-order valence-electron chi connectivity index (χ3n) is 4.56. The zero-order valence-corrected chi connectivity index (χ0v) is 13.5. The van der Waals surface area contributed by atoms with E-state index in [4.69, 9.17) is 4.74 Å². The third-order valence-corrected chi connectivity index (χ3v) is 4.56. The number of para-hydroxylation sites is 2. The Morgan fingerprint density at radius 2 is 2.23 bits per heavy atom. The van der Waals surface area contributed by atoms with Gasteiger partial charge in [-0.3, -0.25) is 4.79 Å². The Hall–Kier alpha value is -1.88. The smallest absolute Gasteiger partial charge is 0.228 e. The summed E-state index contributed by atoms with van der Waals surface area (Å²) < 4.78 is 7.67. The fraction of sp³-hybridized carbons (Fsp3) is 0.529. The first-order chi connectivity index (χ1) is 10.6. The van der Waals surface area contributed by atoms with E-state index in [1.165, 1.54) is 0 Å². The summed E-state index contributed by atoms with van der Waals surface area (Å²) in [6, 6.07) is 8.03. The molecule has 0 saturated carbocycles. The molecule has 2 heterocycles. The van der Waals surface area contributed by atoms with Gasteiger partial charge in [0, 0.05) is 20.7 Å². The van der Waals surface area contributed by atoms with Crippen molar-refractivity contribution >= 4 is 16.9 Å². The standard InChI is InChI=1S/C17H23N3O2/c1-12-13(7-6-10-22-12)17(21)19(2)11-16-18-14-8-4-5-9-15(14)20(16)3/h4-5,8-9,12-13H,6-7,10-11H2,1-3H3/t12-,13-/m1/s1. The van der Waals surface area contributed by atoms with Gasteiger partial charge in [0.25, 0.3) is 0 Å². The molecule has 1 aliphatic rings. The van der Waals surface area contributed by atoms with Crippen molar-refractivity contribution in [2.45, 2.75) is 32.4 Å². The second-order valence-corrected chi connectivity index (χ2v) is 6.09. The van der Waals surface area contributed by atoms with Crippen LogP contribution < -0.4 is 0 Å². The van der Waals surface area contributed by atoms with Crippen molar-refractivity contribution in [2.75, 3.05) is 13.7 Å². The van der Waals surface area contributed by atoms with E-state index in [0.717, 1.165) is 36.3 Å². The monoisotopic (exact) mass is 301 g/mol. The van der Waals surface area contributed by atoms with Crippen LogP contribution in [0.2, 0.25) is 0 Å². The molecule has 0 aliphatic carbocycles. The Morgan fingerprint density at radius 3 is 2.95 bits per heavy atom. The number of hydrogen-bond donors (Lipinski definition) is 0. The van der Waals surface area contributed by atoms with Gasteiger partial charge in [0.1, 0.15) is 5.82 Å². The molecule has 0 radical (unpaired) electrons. The first-order valence-electron chi connectivity index (χ1n) is 7.85. The van der Waals surface area contributed by atoms with Crippen LogP contribution in [-0.2, 0) is 23.1 Å². The van der Waals surface area contributed by atoms with Crippen molar-refractivity contribution in [1.29, 1.82) is 0 Å². The summed E-state index contributed by atoms with van der Waals surface area (Å²) in [5.74, 6) is 1.02. The lowest BCUT2D eigenvalue weighted by molar-refractivity contribution is -0.143. The summed E-state index contributed by atoms with van der Waals surface area (Å²) in [5.41, 5.74) is 2.06. The van der Waals surface area contributed by atoms with Gasteiger partial charge in [-0.15, -0.1) is 0 Å². The van der Waals surface area contributed by atoms with E-state index in [1.54, 1.807) is 4.90 Å². The highest BCUT2D eigenvalue weighted by molar-refractivity contribution is 5.79. The number of fused-ring (bicyclic) bond motifs is 1. The summed E-state index contributed by atoms with van der Waals surface area (Å²) >= 11 is 0. The number of amides is 1. The Bertz CT molecular complexity index is 680. The summed E-state index contributed by atoms with van der Waals surface area (Å²) in [5, 5.41) is 0. The summed E-state index contributed by atoms with van der Waals surface area (Å²) in [7, 11) is 3.85. The van der Waals surface area contributed by atoms with Gasteiger partial charge >= 0.3 is 0 Å². The molecule has 1 fully saturated rings. The summed E-state index contributed by atoms with van der Waals surface area (Å²) in [6.45, 7) is 3.28. The molecule has 5 nitrogen and oxygen atoms in total. The van der Waals surface area contributed by atoms with Crippen LogP contribution in [0.1, 0.15) is 25.6 Å². The summed E-state index contributed by atoms with van der Waals surface area (Å²) in [4.78, 5) is 19.1. The maximum absolute atomic E-state index is 12.6. The first kappa shape index (κ1) is 15.0. The van der Waals surface area contributed by atoms with Crippen LogP contribution in [0.3, 0.4) is 0 Å². The van der Waals surface area contributed by atoms with Gasteiger partial charge in [0.2, 0.25) is 5.91 Å². The Kier molecular flexibility index (Phi) is 4.16. The van der Waals surface area contributed by atoms with Gasteiger partial charge in [-0.25, -0.2) is 4.98 Å². The Balaban J connectivity index is 1.76. The molecule has 0 N–H and O–H groups in total. The molecule has 2 atom stereocenters. The highest BCUT2D eigenvalue weighted by atomic mass is 16.5. The van der Waals surface area contributed by atoms with E-state index in [2.05, 4.69) is 9.55 Å². The van der Waals surface area contributed by atoms with Crippen LogP contribution in [0, 0.1) is 5.92 Å². The molecule has 5 heteroatoms. The predicted molar refractivity (Wildman–Crippen MR) is 85.3 cm³/mol. The van der Waals surface area contributed by atoms with Crippen LogP contribution in [0.15, 0.2) is 24.3 Å². The molecule has 1 amide bonds. The summed E-state index contributed by atoms with van der Waals surface area (Å²) in [6.07, 6.45) is 1.87. The second-order valence-electron chi connectivity index (χ2n) is 6.09. The fourth-order valence-electron chi connectivity index (χ4n) is 3.16. The molecule has 0 unspecified atom stereocenters. The van der Waals surface area contributed by atoms with Crippen LogP contribution in [0.5, 0.6) is 0 Å². The van der Waals surface area contributed by atoms with Gasteiger partial charge in [-0.1, -0.05) is 12.1 Å². The lowest BCUT2D eigenvalue weighted by atomic mass is 9.94. The van der Waals surface area contributed by atoms with Crippen molar-refractivity contribution < 1.29 is 9.53 Å². The van der Waals surface area contributed by atoms with Gasteiger partial charge in [-0.05, 0) is 31.9 Å². The molecule has 22 heavy (non-hydrogen) atoms. The number of aryl methyl sites for hydroxylation is 1. The molecule has 0 bridgehead atoms. The first-order valence-corrected chi connectivity index (χ1v) is 7.85. The predicted octanol–water partition coefficient (Wildman–Crippen LogP) is 2.35. The Morgan fingerprint density at radius 1 is 1.45 bits per heavy atom. The average Bonchev–Trinajstić information content (AvgIpc) is 2.84. The molecular formula is C17H23N3O2. The van der Waals surface area contributed by atoms with E-state index in [1.807, 2.05) is 45.3 Å². The zero-order valence-electron chi connectivity index (χ0n) is 13.5. The van der Waals surface area contributed by atoms with Crippen LogP contribution in [0.25, 0.3) is 11.0 Å². The van der Waals surface area contributed by atoms with Crippen molar-refractivity contribution in [3.05, 3.63) is 30.1 Å². The molecule has 1 aliphatic heterocycles. The normalized spacial score (nSPS) is 22.0. The number of nitrogens with zero attached hydrogens (tertiary/aromatic N) is 3. The second kappa shape index (κ2) is 6.08. The van der Waals surface area contributed by atoms with Crippen LogP contribution in [-0.4, -0.2) is 40.1 Å². The minimum Gasteiger partial charge on any atom is -0.378 e. The van der Waals surface area contributed by atoms with E-state index in [0.29, 0.717) is 6.54 Å². The fourth-order valence-corrected chi connectivity index (χ4v) is 3.16. The number of rotatable bonds is 3. The van der Waals surface area contributed by atoms with Gasteiger partial charge in [-0.2, -0.15) is 0 Å².